The summed E-state index contributed by atoms with van der Waals surface area (Å²) in [6.07, 6.45) is 1.53. The van der Waals surface area contributed by atoms with E-state index >= 15 is 0 Å². The van der Waals surface area contributed by atoms with Crippen molar-refractivity contribution < 1.29 is 19.1 Å². The molecule has 5 heteroatoms. The number of carbonyl (C=O) groups excluding carboxylic acids is 1. The van der Waals surface area contributed by atoms with Gasteiger partial charge in [-0.2, -0.15) is 0 Å². The van der Waals surface area contributed by atoms with Crippen LogP contribution in [0.1, 0.15) is 50.6 Å². The molecule has 2 N–H and O–H groups in total. The number of carbonyl (C=O) groups is 2. The van der Waals surface area contributed by atoms with E-state index in [0.717, 1.165) is 0 Å². The molecule has 0 fully saturated rings. The Morgan fingerprint density at radius 3 is 2.29 bits per heavy atom. The molecule has 1 amide bonds. The van der Waals surface area contributed by atoms with E-state index in [0.29, 0.717) is 16.9 Å². The first-order valence-electron chi connectivity index (χ1n) is 6.59. The van der Waals surface area contributed by atoms with Crippen molar-refractivity contribution >= 4 is 11.9 Å². The molecule has 1 atom stereocenters. The summed E-state index contributed by atoms with van der Waals surface area (Å²) in [7, 11) is 0. The van der Waals surface area contributed by atoms with Crippen molar-refractivity contribution in [3.05, 3.63) is 58.5 Å². The fraction of sp³-hybridized carbons (Fsp3) is 0.250. The molecule has 110 valence electrons. The minimum atomic E-state index is -1.10. The molecule has 0 aliphatic rings. The van der Waals surface area contributed by atoms with E-state index < -0.39 is 11.9 Å². The molecule has 5 nitrogen and oxygen atoms in total. The third-order valence-electron chi connectivity index (χ3n) is 3.38. The zero-order chi connectivity index (χ0) is 15.6. The number of hydrogen-bond acceptors (Lipinski definition) is 3. The molecule has 21 heavy (non-hydrogen) atoms. The third kappa shape index (κ3) is 2.97. The lowest BCUT2D eigenvalue weighted by Crippen LogP contribution is -2.29. The fourth-order valence-electron chi connectivity index (χ4n) is 2.26. The minimum Gasteiger partial charge on any atom is -0.478 e. The minimum absolute atomic E-state index is 0.0409. The highest BCUT2D eigenvalue weighted by Gasteiger charge is 2.23. The summed E-state index contributed by atoms with van der Waals surface area (Å²) in [4.78, 5) is 23.8. The van der Waals surface area contributed by atoms with Crippen LogP contribution in [0.4, 0.5) is 0 Å². The van der Waals surface area contributed by atoms with Crippen molar-refractivity contribution in [3.8, 4) is 0 Å². The molecular weight excluding hydrogens is 270 g/mol. The van der Waals surface area contributed by atoms with E-state index in [-0.39, 0.29) is 17.2 Å². The molecule has 1 unspecified atom stereocenters. The number of carboxylic acids is 1. The zero-order valence-electron chi connectivity index (χ0n) is 12.1. The van der Waals surface area contributed by atoms with Crippen LogP contribution in [0.15, 0.2) is 34.9 Å². The highest BCUT2D eigenvalue weighted by molar-refractivity contribution is 6.06. The van der Waals surface area contributed by atoms with E-state index in [1.165, 1.54) is 6.26 Å². The van der Waals surface area contributed by atoms with Crippen LogP contribution in [0.5, 0.6) is 0 Å². The van der Waals surface area contributed by atoms with Gasteiger partial charge in [-0.05, 0) is 44.0 Å². The second-order valence-corrected chi connectivity index (χ2v) is 4.97. The molecule has 2 aromatic rings. The summed E-state index contributed by atoms with van der Waals surface area (Å²) in [5.41, 5.74) is 1.42. The van der Waals surface area contributed by atoms with Gasteiger partial charge in [0.05, 0.1) is 23.4 Å². The number of rotatable bonds is 4. The first kappa shape index (κ1) is 14.8. The van der Waals surface area contributed by atoms with Gasteiger partial charge in [-0.3, -0.25) is 4.79 Å². The van der Waals surface area contributed by atoms with Crippen molar-refractivity contribution in [2.45, 2.75) is 26.8 Å². The van der Waals surface area contributed by atoms with Crippen molar-refractivity contribution in [1.82, 2.24) is 5.32 Å². The maximum absolute atomic E-state index is 12.4. The number of furan rings is 1. The largest absolute Gasteiger partial charge is 0.478 e. The topological polar surface area (TPSA) is 79.5 Å². The Hall–Kier alpha value is -2.56. The van der Waals surface area contributed by atoms with Crippen LogP contribution in [0, 0.1) is 13.8 Å². The zero-order valence-corrected chi connectivity index (χ0v) is 12.1. The van der Waals surface area contributed by atoms with Gasteiger partial charge in [0.15, 0.2) is 0 Å². The number of aromatic carboxylic acids is 1. The first-order chi connectivity index (χ1) is 9.91. The van der Waals surface area contributed by atoms with E-state index in [9.17, 15) is 14.7 Å². The Labute approximate surface area is 122 Å². The summed E-state index contributed by atoms with van der Waals surface area (Å²) < 4.78 is 5.23. The van der Waals surface area contributed by atoms with E-state index in [2.05, 4.69) is 5.32 Å². The lowest BCUT2D eigenvalue weighted by molar-refractivity contribution is 0.0689. The Kier molecular flexibility index (Phi) is 4.12. The number of nitrogens with one attached hydrogen (secondary N) is 1. The van der Waals surface area contributed by atoms with Crippen LogP contribution in [-0.4, -0.2) is 17.0 Å². The molecule has 0 bridgehead atoms. The highest BCUT2D eigenvalue weighted by atomic mass is 16.4. The normalized spacial score (nSPS) is 12.0. The lowest BCUT2D eigenvalue weighted by Gasteiger charge is -2.15. The summed E-state index contributed by atoms with van der Waals surface area (Å²) in [5, 5.41) is 12.1. The molecule has 0 spiro atoms. The summed E-state index contributed by atoms with van der Waals surface area (Å²) in [6, 6.07) is 6.60. The van der Waals surface area contributed by atoms with Crippen molar-refractivity contribution in [2.24, 2.45) is 0 Å². The van der Waals surface area contributed by atoms with Gasteiger partial charge in [-0.25, -0.2) is 4.79 Å². The third-order valence-corrected chi connectivity index (χ3v) is 3.38. The smallest absolute Gasteiger partial charge is 0.336 e. The molecule has 1 aromatic carbocycles. The molecule has 0 saturated carbocycles. The Bertz CT molecular complexity index is 674. The number of benzene rings is 1. The summed E-state index contributed by atoms with van der Waals surface area (Å²) >= 11 is 0. The van der Waals surface area contributed by atoms with E-state index in [4.69, 9.17) is 4.42 Å². The van der Waals surface area contributed by atoms with Crippen molar-refractivity contribution in [1.29, 1.82) is 0 Å². The van der Waals surface area contributed by atoms with Gasteiger partial charge in [0, 0.05) is 0 Å². The molecule has 0 aliphatic heterocycles. The number of amides is 1. The van der Waals surface area contributed by atoms with Crippen LogP contribution in [0.2, 0.25) is 0 Å². The van der Waals surface area contributed by atoms with Crippen LogP contribution in [-0.2, 0) is 0 Å². The Morgan fingerprint density at radius 1 is 1.14 bits per heavy atom. The Morgan fingerprint density at radius 2 is 1.76 bits per heavy atom. The molecule has 0 radical (unpaired) electrons. The van der Waals surface area contributed by atoms with E-state index in [1.807, 2.05) is 0 Å². The van der Waals surface area contributed by atoms with Gasteiger partial charge < -0.3 is 14.8 Å². The average Bonchev–Trinajstić information content (AvgIpc) is 2.94. The van der Waals surface area contributed by atoms with E-state index in [1.54, 1.807) is 45.0 Å². The maximum atomic E-state index is 12.4. The Balaban J connectivity index is 2.35. The second-order valence-electron chi connectivity index (χ2n) is 4.97. The molecule has 2 rings (SSSR count). The predicted molar refractivity (Wildman–Crippen MR) is 77.5 cm³/mol. The van der Waals surface area contributed by atoms with Gasteiger partial charge in [-0.15, -0.1) is 0 Å². The standard InChI is InChI=1S/C16H17NO4/c1-9-6-7-10(2)14(16(19)20)13(9)15(18)17-11(3)12-5-4-8-21-12/h4-8,11H,1-3H3,(H,17,18)(H,19,20). The van der Waals surface area contributed by atoms with Crippen LogP contribution in [0.25, 0.3) is 0 Å². The predicted octanol–water partition coefficient (Wildman–Crippen LogP) is 3.09. The quantitative estimate of drug-likeness (QED) is 0.905. The first-order valence-corrected chi connectivity index (χ1v) is 6.59. The number of hydrogen-bond donors (Lipinski definition) is 2. The SMILES string of the molecule is Cc1ccc(C)c(C(=O)NC(C)c2ccco2)c1C(=O)O. The summed E-state index contributed by atoms with van der Waals surface area (Å²) in [5.74, 6) is -0.907. The monoisotopic (exact) mass is 287 g/mol. The van der Waals surface area contributed by atoms with Gasteiger partial charge >= 0.3 is 5.97 Å². The molecule has 1 aromatic heterocycles. The van der Waals surface area contributed by atoms with Crippen molar-refractivity contribution in [3.63, 3.8) is 0 Å². The van der Waals surface area contributed by atoms with Crippen LogP contribution in [0.3, 0.4) is 0 Å². The van der Waals surface area contributed by atoms with Gasteiger partial charge in [-0.1, -0.05) is 12.1 Å². The number of carboxylic acid groups (broad SMARTS) is 1. The second kappa shape index (κ2) is 5.83. The molecular formula is C16H17NO4. The van der Waals surface area contributed by atoms with Crippen molar-refractivity contribution in [2.75, 3.05) is 0 Å². The van der Waals surface area contributed by atoms with Crippen LogP contribution >= 0.6 is 0 Å². The lowest BCUT2D eigenvalue weighted by atomic mass is 9.96. The average molecular weight is 287 g/mol. The van der Waals surface area contributed by atoms with Crippen LogP contribution < -0.4 is 5.32 Å². The number of aryl methyl sites for hydroxylation is 2. The molecule has 0 saturated heterocycles. The van der Waals surface area contributed by atoms with Gasteiger partial charge in [0.1, 0.15) is 5.76 Å². The van der Waals surface area contributed by atoms with Gasteiger partial charge in [0.2, 0.25) is 0 Å². The fourth-order valence-corrected chi connectivity index (χ4v) is 2.26. The van der Waals surface area contributed by atoms with Gasteiger partial charge in [0.25, 0.3) is 5.91 Å². The summed E-state index contributed by atoms with van der Waals surface area (Å²) in [6.45, 7) is 5.18. The molecule has 0 aliphatic carbocycles. The maximum Gasteiger partial charge on any atom is 0.336 e. The molecule has 1 heterocycles. The highest BCUT2D eigenvalue weighted by Crippen LogP contribution is 2.20.